The lowest BCUT2D eigenvalue weighted by molar-refractivity contribution is 0.458. The third kappa shape index (κ3) is 2.67. The average molecular weight is 314 g/mol. The highest BCUT2D eigenvalue weighted by Gasteiger charge is 2.27. The van der Waals surface area contributed by atoms with Crippen LogP contribution < -0.4 is 5.73 Å². The molecule has 0 aliphatic rings. The molecule has 2 heterocycles. The number of thiophene rings is 1. The van der Waals surface area contributed by atoms with E-state index in [0.717, 1.165) is 16.9 Å². The van der Waals surface area contributed by atoms with Crippen molar-refractivity contribution in [1.29, 1.82) is 0 Å². The molecular weight excluding hydrogens is 296 g/mol. The number of hydrogen-bond acceptors (Lipinski definition) is 5. The van der Waals surface area contributed by atoms with Crippen LogP contribution in [0.15, 0.2) is 27.0 Å². The van der Waals surface area contributed by atoms with E-state index in [1.807, 2.05) is 12.3 Å². The molecule has 0 radical (unpaired) electrons. The second kappa shape index (κ2) is 5.69. The quantitative estimate of drug-likeness (QED) is 0.918. The molecule has 2 aromatic rings. The summed E-state index contributed by atoms with van der Waals surface area (Å²) in [6.45, 7) is 4.12. The Morgan fingerprint density at radius 2 is 2.10 bits per heavy atom. The Morgan fingerprint density at radius 3 is 2.65 bits per heavy atom. The van der Waals surface area contributed by atoms with E-state index in [-0.39, 0.29) is 13.1 Å². The van der Waals surface area contributed by atoms with Gasteiger partial charge in [-0.15, -0.1) is 11.3 Å². The molecule has 0 atom stereocenters. The van der Waals surface area contributed by atoms with E-state index in [1.54, 1.807) is 26.3 Å². The molecule has 0 saturated heterocycles. The van der Waals surface area contributed by atoms with Gasteiger partial charge in [-0.05, 0) is 30.9 Å². The molecule has 0 amide bonds. The van der Waals surface area contributed by atoms with Gasteiger partial charge in [-0.25, -0.2) is 8.42 Å². The van der Waals surface area contributed by atoms with Crippen LogP contribution in [-0.4, -0.2) is 19.8 Å². The highest BCUT2D eigenvalue weighted by Crippen LogP contribution is 2.29. The van der Waals surface area contributed by atoms with Crippen LogP contribution in [0.4, 0.5) is 0 Å². The van der Waals surface area contributed by atoms with Crippen molar-refractivity contribution in [2.75, 3.05) is 7.05 Å². The summed E-state index contributed by atoms with van der Waals surface area (Å²) in [6.07, 6.45) is 1.56. The Hall–Kier alpha value is -1.15. The van der Waals surface area contributed by atoms with Crippen molar-refractivity contribution >= 4 is 21.4 Å². The van der Waals surface area contributed by atoms with E-state index in [9.17, 15) is 8.42 Å². The third-order valence-corrected chi connectivity index (χ3v) is 6.49. The Balaban J connectivity index is 2.35. The molecule has 2 aromatic heterocycles. The molecular formula is C13H18N2O3S2. The van der Waals surface area contributed by atoms with Gasteiger partial charge in [0.05, 0.1) is 6.26 Å². The summed E-state index contributed by atoms with van der Waals surface area (Å²) in [4.78, 5) is 1.03. The van der Waals surface area contributed by atoms with Gasteiger partial charge in [0.15, 0.2) is 0 Å². The van der Waals surface area contributed by atoms with Gasteiger partial charge < -0.3 is 10.2 Å². The highest BCUT2D eigenvalue weighted by molar-refractivity contribution is 7.89. The van der Waals surface area contributed by atoms with Crippen LogP contribution in [0.5, 0.6) is 0 Å². The Labute approximate surface area is 123 Å². The Morgan fingerprint density at radius 1 is 1.40 bits per heavy atom. The lowest BCUT2D eigenvalue weighted by Gasteiger charge is -2.18. The molecule has 0 aliphatic carbocycles. The number of rotatable bonds is 5. The van der Waals surface area contributed by atoms with Crippen molar-refractivity contribution in [1.82, 2.24) is 4.31 Å². The minimum Gasteiger partial charge on any atom is -0.469 e. The molecule has 5 nitrogen and oxygen atoms in total. The van der Waals surface area contributed by atoms with Gasteiger partial charge in [-0.2, -0.15) is 4.31 Å². The molecule has 0 saturated carbocycles. The number of nitrogens with two attached hydrogens (primary N) is 1. The summed E-state index contributed by atoms with van der Waals surface area (Å²) in [5.74, 6) is 0.730. The Kier molecular flexibility index (Phi) is 4.33. The molecule has 0 spiro atoms. The van der Waals surface area contributed by atoms with E-state index >= 15 is 0 Å². The van der Waals surface area contributed by atoms with Gasteiger partial charge in [-0.1, -0.05) is 0 Å². The van der Waals surface area contributed by atoms with Crippen molar-refractivity contribution in [3.05, 3.63) is 39.5 Å². The zero-order valence-corrected chi connectivity index (χ0v) is 13.3. The first kappa shape index (κ1) is 15.2. The van der Waals surface area contributed by atoms with Crippen molar-refractivity contribution in [3.8, 4) is 0 Å². The molecule has 7 heteroatoms. The number of hydrogen-bond donors (Lipinski definition) is 1. The van der Waals surface area contributed by atoms with E-state index < -0.39 is 10.0 Å². The maximum atomic E-state index is 12.7. The zero-order chi connectivity index (χ0) is 14.9. The largest absolute Gasteiger partial charge is 0.469 e. The summed E-state index contributed by atoms with van der Waals surface area (Å²) >= 11 is 1.38. The molecule has 20 heavy (non-hydrogen) atoms. The molecule has 0 aliphatic heterocycles. The first-order chi connectivity index (χ1) is 9.37. The normalized spacial score (nSPS) is 12.2. The van der Waals surface area contributed by atoms with Crippen molar-refractivity contribution in [3.63, 3.8) is 0 Å². The van der Waals surface area contributed by atoms with Crippen LogP contribution in [0.3, 0.4) is 0 Å². The van der Waals surface area contributed by atoms with Crippen molar-refractivity contribution in [2.24, 2.45) is 5.73 Å². The van der Waals surface area contributed by atoms with Gasteiger partial charge in [0.1, 0.15) is 10.7 Å². The minimum absolute atomic E-state index is 0.228. The van der Waals surface area contributed by atoms with Crippen LogP contribution in [0.25, 0.3) is 0 Å². The summed E-state index contributed by atoms with van der Waals surface area (Å²) in [5.41, 5.74) is 7.23. The Bertz CT molecular complexity index is 701. The van der Waals surface area contributed by atoms with E-state index in [2.05, 4.69) is 0 Å². The van der Waals surface area contributed by atoms with Gasteiger partial charge in [0, 0.05) is 30.6 Å². The lowest BCUT2D eigenvalue weighted by Crippen LogP contribution is -2.27. The number of aryl methyl sites for hydroxylation is 2. The predicted molar refractivity (Wildman–Crippen MR) is 79.0 cm³/mol. The molecule has 2 rings (SSSR count). The first-order valence-electron chi connectivity index (χ1n) is 6.14. The van der Waals surface area contributed by atoms with Crippen LogP contribution in [-0.2, 0) is 23.1 Å². The summed E-state index contributed by atoms with van der Waals surface area (Å²) in [6, 6.07) is 1.78. The molecule has 0 unspecified atom stereocenters. The van der Waals surface area contributed by atoms with Crippen LogP contribution in [0, 0.1) is 13.8 Å². The molecule has 2 N–H and O–H groups in total. The third-order valence-electron chi connectivity index (χ3n) is 3.20. The summed E-state index contributed by atoms with van der Waals surface area (Å²) in [5, 5.41) is 1.83. The molecule has 0 bridgehead atoms. The number of furan rings is 1. The van der Waals surface area contributed by atoms with Crippen LogP contribution >= 0.6 is 11.3 Å². The maximum Gasteiger partial charge on any atom is 0.244 e. The van der Waals surface area contributed by atoms with Gasteiger partial charge in [-0.3, -0.25) is 0 Å². The van der Waals surface area contributed by atoms with E-state index in [4.69, 9.17) is 10.2 Å². The summed E-state index contributed by atoms with van der Waals surface area (Å²) in [7, 11) is -1.97. The summed E-state index contributed by atoms with van der Waals surface area (Å²) < 4.78 is 31.9. The van der Waals surface area contributed by atoms with Gasteiger partial charge >= 0.3 is 0 Å². The first-order valence-corrected chi connectivity index (χ1v) is 8.46. The maximum absolute atomic E-state index is 12.7. The smallest absolute Gasteiger partial charge is 0.244 e. The fraction of sp³-hybridized carbons (Fsp3) is 0.385. The number of sulfonamides is 1. The zero-order valence-electron chi connectivity index (χ0n) is 11.7. The fourth-order valence-corrected chi connectivity index (χ4v) is 4.82. The van der Waals surface area contributed by atoms with Crippen LogP contribution in [0.1, 0.15) is 21.8 Å². The van der Waals surface area contributed by atoms with Gasteiger partial charge in [0.25, 0.3) is 0 Å². The molecule has 0 fully saturated rings. The predicted octanol–water partition coefficient (Wildman–Crippen LogP) is 2.24. The minimum atomic E-state index is -3.54. The topological polar surface area (TPSA) is 76.5 Å². The van der Waals surface area contributed by atoms with E-state index in [1.165, 1.54) is 15.6 Å². The molecule has 0 aromatic carbocycles. The molecule has 110 valence electrons. The average Bonchev–Trinajstić information content (AvgIpc) is 2.96. The van der Waals surface area contributed by atoms with Gasteiger partial charge in [0.2, 0.25) is 10.0 Å². The lowest BCUT2D eigenvalue weighted by atomic mass is 10.3. The second-order valence-corrected chi connectivity index (χ2v) is 7.58. The SMILES string of the molecule is Cc1csc(CN)c1S(=O)(=O)N(C)Cc1ccoc1C. The highest BCUT2D eigenvalue weighted by atomic mass is 32.2. The standard InChI is InChI=1S/C13H18N2O3S2/c1-9-8-19-12(6-14)13(9)20(16,17)15(3)7-11-4-5-18-10(11)2/h4-5,8H,6-7,14H2,1-3H3. The van der Waals surface area contributed by atoms with Crippen molar-refractivity contribution < 1.29 is 12.8 Å². The van der Waals surface area contributed by atoms with Crippen molar-refractivity contribution in [2.45, 2.75) is 31.8 Å². The fourth-order valence-electron chi connectivity index (χ4n) is 2.03. The monoisotopic (exact) mass is 314 g/mol. The van der Waals surface area contributed by atoms with E-state index in [0.29, 0.717) is 9.77 Å². The second-order valence-electron chi connectivity index (χ2n) is 4.64. The van der Waals surface area contributed by atoms with Crippen LogP contribution in [0.2, 0.25) is 0 Å². The number of nitrogens with zero attached hydrogens (tertiary/aromatic N) is 1.